The molecular weight excluding hydrogens is 303 g/mol. The van der Waals surface area contributed by atoms with E-state index in [0.717, 1.165) is 5.56 Å². The van der Waals surface area contributed by atoms with E-state index >= 15 is 0 Å². The zero-order valence-electron chi connectivity index (χ0n) is 13.5. The minimum Gasteiger partial charge on any atom is -0.291 e. The first-order valence-corrected chi connectivity index (χ1v) is 7.90. The summed E-state index contributed by atoms with van der Waals surface area (Å²) in [6.07, 6.45) is 1.94. The predicted molar refractivity (Wildman–Crippen MR) is 91.0 cm³/mol. The Morgan fingerprint density at radius 2 is 1.52 bits per heavy atom. The molecule has 0 saturated carbocycles. The SMILES string of the molecule is CC(C)(C)C1=Cc2cc(C(C)(C)C)ccc2C(Cl)(Cl)C1=O. The molecule has 0 amide bonds. The topological polar surface area (TPSA) is 17.1 Å². The average Bonchev–Trinajstić information content (AvgIpc) is 2.31. The third kappa shape index (κ3) is 2.91. The number of carbonyl (C=O) groups is 1. The number of fused-ring (bicyclic) bond motifs is 1. The van der Waals surface area contributed by atoms with Gasteiger partial charge in [-0.15, -0.1) is 0 Å². The monoisotopic (exact) mass is 324 g/mol. The number of ketones is 1. The molecule has 0 aliphatic heterocycles. The molecule has 0 heterocycles. The Morgan fingerprint density at radius 1 is 0.952 bits per heavy atom. The minimum atomic E-state index is -1.50. The van der Waals surface area contributed by atoms with Crippen molar-refractivity contribution >= 4 is 35.1 Å². The van der Waals surface area contributed by atoms with Gasteiger partial charge < -0.3 is 0 Å². The van der Waals surface area contributed by atoms with Crippen molar-refractivity contribution < 1.29 is 4.79 Å². The highest BCUT2D eigenvalue weighted by Gasteiger charge is 2.45. The molecule has 21 heavy (non-hydrogen) atoms. The highest BCUT2D eigenvalue weighted by Crippen LogP contribution is 2.47. The Kier molecular flexibility index (Phi) is 3.84. The van der Waals surface area contributed by atoms with E-state index in [9.17, 15) is 4.79 Å². The second-order valence-corrected chi connectivity index (χ2v) is 9.09. The highest BCUT2D eigenvalue weighted by molar-refractivity contribution is 6.60. The molecule has 114 valence electrons. The lowest BCUT2D eigenvalue weighted by molar-refractivity contribution is -0.117. The van der Waals surface area contributed by atoms with E-state index in [4.69, 9.17) is 23.2 Å². The van der Waals surface area contributed by atoms with E-state index in [1.54, 1.807) is 0 Å². The van der Waals surface area contributed by atoms with Crippen LogP contribution in [-0.2, 0) is 14.5 Å². The van der Waals surface area contributed by atoms with Crippen LogP contribution in [0.25, 0.3) is 6.08 Å². The standard InChI is InChI=1S/C18H22Cl2O/c1-16(2,3)12-7-8-13-11(9-12)10-14(17(4,5)6)15(21)18(13,19)20/h7-10H,1-6H3. The summed E-state index contributed by atoms with van der Waals surface area (Å²) in [6.45, 7) is 12.5. The van der Waals surface area contributed by atoms with E-state index in [-0.39, 0.29) is 16.6 Å². The molecule has 1 aliphatic rings. The molecule has 0 N–H and O–H groups in total. The van der Waals surface area contributed by atoms with Gasteiger partial charge in [0.05, 0.1) is 0 Å². The Balaban J connectivity index is 2.71. The lowest BCUT2D eigenvalue weighted by Crippen LogP contribution is -2.34. The first-order valence-electron chi connectivity index (χ1n) is 7.15. The van der Waals surface area contributed by atoms with Crippen molar-refractivity contribution in [1.29, 1.82) is 0 Å². The van der Waals surface area contributed by atoms with Crippen molar-refractivity contribution in [2.45, 2.75) is 51.3 Å². The van der Waals surface area contributed by atoms with Crippen molar-refractivity contribution in [3.63, 3.8) is 0 Å². The number of carbonyl (C=O) groups excluding carboxylic acids is 1. The molecule has 0 aromatic heterocycles. The summed E-state index contributed by atoms with van der Waals surface area (Å²) in [5, 5.41) is 0. The van der Waals surface area contributed by atoms with Gasteiger partial charge in [-0.05, 0) is 28.0 Å². The largest absolute Gasteiger partial charge is 0.291 e. The number of alkyl halides is 2. The molecular formula is C18H22Cl2O. The van der Waals surface area contributed by atoms with Gasteiger partial charge in [0, 0.05) is 11.1 Å². The van der Waals surface area contributed by atoms with E-state index in [1.165, 1.54) is 5.56 Å². The normalized spacial score (nSPS) is 18.3. The highest BCUT2D eigenvalue weighted by atomic mass is 35.5. The van der Waals surface area contributed by atoms with Crippen molar-refractivity contribution in [2.75, 3.05) is 0 Å². The van der Waals surface area contributed by atoms with Crippen LogP contribution in [0, 0.1) is 5.41 Å². The third-order valence-corrected chi connectivity index (χ3v) is 4.64. The van der Waals surface area contributed by atoms with Crippen LogP contribution in [0.5, 0.6) is 0 Å². The van der Waals surface area contributed by atoms with Crippen LogP contribution in [0.2, 0.25) is 0 Å². The fraction of sp³-hybridized carbons (Fsp3) is 0.500. The molecule has 1 aromatic carbocycles. The first-order chi connectivity index (χ1) is 9.35. The van der Waals surface area contributed by atoms with Crippen molar-refractivity contribution in [2.24, 2.45) is 5.41 Å². The van der Waals surface area contributed by atoms with Gasteiger partial charge in [0.15, 0.2) is 5.78 Å². The molecule has 3 heteroatoms. The molecule has 0 saturated heterocycles. The van der Waals surface area contributed by atoms with Crippen molar-refractivity contribution in [3.05, 3.63) is 40.5 Å². The Hall–Kier alpha value is -0.790. The van der Waals surface area contributed by atoms with Gasteiger partial charge in [-0.1, -0.05) is 82.9 Å². The fourth-order valence-corrected chi connectivity index (χ4v) is 3.05. The minimum absolute atomic E-state index is 0.0352. The van der Waals surface area contributed by atoms with Crippen LogP contribution in [0.4, 0.5) is 0 Å². The number of Topliss-reactive ketones (excluding diaryl/α,β-unsaturated/α-hetero) is 1. The summed E-state index contributed by atoms with van der Waals surface area (Å²) in [7, 11) is 0. The summed E-state index contributed by atoms with van der Waals surface area (Å²) < 4.78 is -1.50. The van der Waals surface area contributed by atoms with E-state index in [2.05, 4.69) is 26.8 Å². The van der Waals surface area contributed by atoms with E-state index < -0.39 is 4.33 Å². The Labute approximate surface area is 137 Å². The first kappa shape index (κ1) is 16.6. The molecule has 1 aromatic rings. The Bertz CT molecular complexity index is 626. The van der Waals surface area contributed by atoms with Crippen LogP contribution in [0.3, 0.4) is 0 Å². The molecule has 0 unspecified atom stereocenters. The van der Waals surface area contributed by atoms with Gasteiger partial charge in [0.2, 0.25) is 4.33 Å². The van der Waals surface area contributed by atoms with Crippen molar-refractivity contribution in [3.8, 4) is 0 Å². The number of rotatable bonds is 0. The van der Waals surface area contributed by atoms with Gasteiger partial charge in [-0.25, -0.2) is 0 Å². The predicted octanol–water partition coefficient (Wildman–Crippen LogP) is 5.63. The van der Waals surface area contributed by atoms with Crippen LogP contribution in [0.1, 0.15) is 58.2 Å². The smallest absolute Gasteiger partial charge is 0.205 e. The fourth-order valence-electron chi connectivity index (χ4n) is 2.50. The molecule has 1 nitrogen and oxygen atoms in total. The van der Waals surface area contributed by atoms with Gasteiger partial charge in [0.1, 0.15) is 0 Å². The molecule has 0 radical (unpaired) electrons. The molecule has 0 spiro atoms. The second-order valence-electron chi connectivity index (χ2n) is 7.76. The van der Waals surface area contributed by atoms with Gasteiger partial charge in [-0.2, -0.15) is 0 Å². The van der Waals surface area contributed by atoms with Crippen LogP contribution < -0.4 is 0 Å². The lowest BCUT2D eigenvalue weighted by atomic mass is 9.76. The quantitative estimate of drug-likeness (QED) is 0.565. The zero-order chi connectivity index (χ0) is 16.2. The molecule has 1 aliphatic carbocycles. The number of benzene rings is 1. The number of hydrogen-bond acceptors (Lipinski definition) is 1. The summed E-state index contributed by atoms with van der Waals surface area (Å²) >= 11 is 12.8. The van der Waals surface area contributed by atoms with Crippen molar-refractivity contribution in [1.82, 2.24) is 0 Å². The molecule has 0 atom stereocenters. The zero-order valence-corrected chi connectivity index (χ0v) is 15.0. The van der Waals surface area contributed by atoms with Gasteiger partial charge >= 0.3 is 0 Å². The van der Waals surface area contributed by atoms with Crippen LogP contribution >= 0.6 is 23.2 Å². The molecule has 0 fully saturated rings. The second kappa shape index (κ2) is 4.86. The number of allylic oxidation sites excluding steroid dienone is 1. The average molecular weight is 325 g/mol. The molecule has 2 rings (SSSR count). The third-order valence-electron chi connectivity index (χ3n) is 3.89. The maximum atomic E-state index is 12.6. The van der Waals surface area contributed by atoms with E-state index in [1.807, 2.05) is 39.0 Å². The van der Waals surface area contributed by atoms with E-state index in [0.29, 0.717) is 11.1 Å². The Morgan fingerprint density at radius 3 is 2.00 bits per heavy atom. The summed E-state index contributed by atoms with van der Waals surface area (Å²) in [6, 6.07) is 5.97. The number of halogens is 2. The lowest BCUT2D eigenvalue weighted by Gasteiger charge is -2.33. The van der Waals surface area contributed by atoms with Gasteiger partial charge in [0.25, 0.3) is 0 Å². The summed E-state index contributed by atoms with van der Waals surface area (Å²) in [5.41, 5.74) is 3.23. The van der Waals surface area contributed by atoms with Gasteiger partial charge in [-0.3, -0.25) is 4.79 Å². The molecule has 0 bridgehead atoms. The summed E-state index contributed by atoms with van der Waals surface area (Å²) in [5.74, 6) is -0.214. The van der Waals surface area contributed by atoms with Crippen LogP contribution in [0.15, 0.2) is 23.8 Å². The maximum absolute atomic E-state index is 12.6. The maximum Gasteiger partial charge on any atom is 0.205 e. The van der Waals surface area contributed by atoms with Crippen LogP contribution in [-0.4, -0.2) is 5.78 Å². The summed E-state index contributed by atoms with van der Waals surface area (Å²) in [4.78, 5) is 12.6. The number of hydrogen-bond donors (Lipinski definition) is 0.